The summed E-state index contributed by atoms with van der Waals surface area (Å²) in [6, 6.07) is 1.97. The lowest BCUT2D eigenvalue weighted by Crippen LogP contribution is -2.43. The SMILES string of the molecule is COc1csc(C(=O)NC2CCC3(CC2)OCCO3)c1. The summed E-state index contributed by atoms with van der Waals surface area (Å²) < 4.78 is 16.5. The molecule has 0 aromatic carbocycles. The van der Waals surface area contributed by atoms with Gasteiger partial charge in [0.15, 0.2) is 5.79 Å². The monoisotopic (exact) mass is 297 g/mol. The highest BCUT2D eigenvalue weighted by molar-refractivity contribution is 7.12. The van der Waals surface area contributed by atoms with E-state index in [9.17, 15) is 4.79 Å². The Morgan fingerprint density at radius 2 is 2.10 bits per heavy atom. The number of ether oxygens (including phenoxy) is 3. The molecule has 2 aliphatic rings. The minimum atomic E-state index is -0.368. The van der Waals surface area contributed by atoms with Gasteiger partial charge in [-0.25, -0.2) is 0 Å². The molecule has 2 heterocycles. The molecule has 0 atom stereocenters. The summed E-state index contributed by atoms with van der Waals surface area (Å²) in [6.45, 7) is 1.37. The van der Waals surface area contributed by atoms with Gasteiger partial charge < -0.3 is 19.5 Å². The molecule has 0 radical (unpaired) electrons. The van der Waals surface area contributed by atoms with Crippen LogP contribution in [0, 0.1) is 0 Å². The molecule has 1 saturated carbocycles. The summed E-state index contributed by atoms with van der Waals surface area (Å²) in [5.74, 6) is 0.343. The molecule has 110 valence electrons. The van der Waals surface area contributed by atoms with Gasteiger partial charge in [0.1, 0.15) is 5.75 Å². The quantitative estimate of drug-likeness (QED) is 0.929. The van der Waals surface area contributed by atoms with Crippen LogP contribution in [-0.2, 0) is 9.47 Å². The second kappa shape index (κ2) is 5.71. The molecule has 6 heteroatoms. The van der Waals surface area contributed by atoms with Crippen molar-refractivity contribution in [2.75, 3.05) is 20.3 Å². The Labute approximate surface area is 122 Å². The first-order valence-electron chi connectivity index (χ1n) is 6.92. The van der Waals surface area contributed by atoms with E-state index >= 15 is 0 Å². The summed E-state index contributed by atoms with van der Waals surface area (Å²) in [5.41, 5.74) is 0. The molecule has 0 bridgehead atoms. The van der Waals surface area contributed by atoms with Crippen molar-refractivity contribution in [3.63, 3.8) is 0 Å². The molecule has 1 aliphatic carbocycles. The molecule has 1 aliphatic heterocycles. The van der Waals surface area contributed by atoms with Crippen molar-refractivity contribution in [2.45, 2.75) is 37.5 Å². The summed E-state index contributed by atoms with van der Waals surface area (Å²) in [6.07, 6.45) is 3.50. The molecule has 1 spiro atoms. The Balaban J connectivity index is 1.52. The molecule has 1 aromatic heterocycles. The van der Waals surface area contributed by atoms with Crippen molar-refractivity contribution in [3.8, 4) is 5.75 Å². The van der Waals surface area contributed by atoms with Crippen LogP contribution in [0.4, 0.5) is 0 Å². The predicted molar refractivity (Wildman–Crippen MR) is 75.2 cm³/mol. The normalized spacial score (nSPS) is 22.1. The van der Waals surface area contributed by atoms with Crippen LogP contribution in [0.5, 0.6) is 5.75 Å². The summed E-state index contributed by atoms with van der Waals surface area (Å²) in [4.78, 5) is 12.8. The van der Waals surface area contributed by atoms with E-state index in [0.29, 0.717) is 18.1 Å². The van der Waals surface area contributed by atoms with E-state index < -0.39 is 0 Å². The van der Waals surface area contributed by atoms with Crippen LogP contribution < -0.4 is 10.1 Å². The van der Waals surface area contributed by atoms with Gasteiger partial charge in [0, 0.05) is 30.3 Å². The van der Waals surface area contributed by atoms with E-state index in [1.807, 2.05) is 5.38 Å². The van der Waals surface area contributed by atoms with Gasteiger partial charge in [-0.2, -0.15) is 0 Å². The van der Waals surface area contributed by atoms with Gasteiger partial charge in [-0.3, -0.25) is 4.79 Å². The third kappa shape index (κ3) is 2.82. The van der Waals surface area contributed by atoms with Crippen LogP contribution in [0.15, 0.2) is 11.4 Å². The maximum absolute atomic E-state index is 12.1. The van der Waals surface area contributed by atoms with Crippen molar-refractivity contribution >= 4 is 17.2 Å². The van der Waals surface area contributed by atoms with Crippen molar-refractivity contribution in [3.05, 3.63) is 16.3 Å². The number of methoxy groups -OCH3 is 1. The Morgan fingerprint density at radius 1 is 1.40 bits per heavy atom. The van der Waals surface area contributed by atoms with Crippen LogP contribution in [0.3, 0.4) is 0 Å². The van der Waals surface area contributed by atoms with E-state index in [2.05, 4.69) is 5.32 Å². The minimum absolute atomic E-state index is 0.0208. The lowest BCUT2D eigenvalue weighted by Gasteiger charge is -2.35. The largest absolute Gasteiger partial charge is 0.496 e. The zero-order chi connectivity index (χ0) is 14.0. The first-order chi connectivity index (χ1) is 9.71. The van der Waals surface area contributed by atoms with Crippen LogP contribution in [0.2, 0.25) is 0 Å². The standard InChI is InChI=1S/C14H19NO4S/c1-17-11-8-12(20-9-11)13(16)15-10-2-4-14(5-3-10)18-6-7-19-14/h8-10H,2-7H2,1H3,(H,15,16). The Morgan fingerprint density at radius 3 is 2.70 bits per heavy atom. The zero-order valence-corrected chi connectivity index (χ0v) is 12.3. The fourth-order valence-electron chi connectivity index (χ4n) is 2.79. The third-order valence-corrected chi connectivity index (χ3v) is 4.84. The van der Waals surface area contributed by atoms with Gasteiger partial charge in [0.05, 0.1) is 25.2 Å². The Bertz CT molecular complexity index is 471. The van der Waals surface area contributed by atoms with Gasteiger partial charge in [0.2, 0.25) is 0 Å². The minimum Gasteiger partial charge on any atom is -0.496 e. The fraction of sp³-hybridized carbons (Fsp3) is 0.643. The van der Waals surface area contributed by atoms with Gasteiger partial charge in [-0.05, 0) is 12.8 Å². The highest BCUT2D eigenvalue weighted by atomic mass is 32.1. The first kappa shape index (κ1) is 13.9. The van der Waals surface area contributed by atoms with E-state index in [1.54, 1.807) is 13.2 Å². The smallest absolute Gasteiger partial charge is 0.261 e. The lowest BCUT2D eigenvalue weighted by molar-refractivity contribution is -0.179. The van der Waals surface area contributed by atoms with E-state index in [1.165, 1.54) is 11.3 Å². The highest BCUT2D eigenvalue weighted by Gasteiger charge is 2.40. The predicted octanol–water partition coefficient (Wildman–Crippen LogP) is 2.17. The second-order valence-corrected chi connectivity index (χ2v) is 6.12. The molecule has 1 amide bonds. The molecular formula is C14H19NO4S. The van der Waals surface area contributed by atoms with E-state index in [-0.39, 0.29) is 17.7 Å². The van der Waals surface area contributed by atoms with Crippen molar-refractivity contribution < 1.29 is 19.0 Å². The number of carbonyl (C=O) groups is 1. The van der Waals surface area contributed by atoms with Crippen molar-refractivity contribution in [1.29, 1.82) is 0 Å². The number of amides is 1. The highest BCUT2D eigenvalue weighted by Crippen LogP contribution is 2.35. The van der Waals surface area contributed by atoms with Crippen LogP contribution >= 0.6 is 11.3 Å². The number of thiophene rings is 1. The lowest BCUT2D eigenvalue weighted by atomic mass is 9.90. The van der Waals surface area contributed by atoms with Gasteiger partial charge in [-0.1, -0.05) is 0 Å². The maximum atomic E-state index is 12.1. The molecule has 1 saturated heterocycles. The number of rotatable bonds is 3. The van der Waals surface area contributed by atoms with E-state index in [0.717, 1.165) is 31.4 Å². The molecule has 2 fully saturated rings. The van der Waals surface area contributed by atoms with Gasteiger partial charge in [0.25, 0.3) is 5.91 Å². The number of hydrogen-bond donors (Lipinski definition) is 1. The summed E-state index contributed by atoms with van der Waals surface area (Å²) in [7, 11) is 1.60. The zero-order valence-electron chi connectivity index (χ0n) is 11.5. The fourth-order valence-corrected chi connectivity index (χ4v) is 3.55. The second-order valence-electron chi connectivity index (χ2n) is 5.21. The summed E-state index contributed by atoms with van der Waals surface area (Å²) in [5, 5.41) is 4.92. The number of carbonyl (C=O) groups excluding carboxylic acids is 1. The van der Waals surface area contributed by atoms with Crippen molar-refractivity contribution in [1.82, 2.24) is 5.32 Å². The molecule has 0 unspecified atom stereocenters. The first-order valence-corrected chi connectivity index (χ1v) is 7.80. The molecule has 1 aromatic rings. The average molecular weight is 297 g/mol. The third-order valence-electron chi connectivity index (χ3n) is 3.93. The van der Waals surface area contributed by atoms with E-state index in [4.69, 9.17) is 14.2 Å². The Hall–Kier alpha value is -1.11. The van der Waals surface area contributed by atoms with Gasteiger partial charge in [-0.15, -0.1) is 11.3 Å². The molecule has 1 N–H and O–H groups in total. The maximum Gasteiger partial charge on any atom is 0.261 e. The molecule has 3 rings (SSSR count). The average Bonchev–Trinajstić information content (AvgIpc) is 3.11. The number of hydrogen-bond acceptors (Lipinski definition) is 5. The van der Waals surface area contributed by atoms with Crippen LogP contribution in [-0.4, -0.2) is 38.1 Å². The molecule has 5 nitrogen and oxygen atoms in total. The summed E-state index contributed by atoms with van der Waals surface area (Å²) >= 11 is 1.40. The van der Waals surface area contributed by atoms with Crippen LogP contribution in [0.1, 0.15) is 35.4 Å². The van der Waals surface area contributed by atoms with Gasteiger partial charge >= 0.3 is 0 Å². The van der Waals surface area contributed by atoms with Crippen LogP contribution in [0.25, 0.3) is 0 Å². The molecular weight excluding hydrogens is 278 g/mol. The van der Waals surface area contributed by atoms with Crippen molar-refractivity contribution in [2.24, 2.45) is 0 Å². The molecule has 20 heavy (non-hydrogen) atoms. The topological polar surface area (TPSA) is 56.8 Å². The number of nitrogens with one attached hydrogen (secondary N) is 1. The Kier molecular flexibility index (Phi) is 3.96.